The van der Waals surface area contributed by atoms with Gasteiger partial charge in [-0.05, 0) is 70.2 Å². The largest absolute Gasteiger partial charge is 0.314 e. The third-order valence-electron chi connectivity index (χ3n) is 4.19. The van der Waals surface area contributed by atoms with Crippen molar-refractivity contribution in [3.05, 3.63) is 0 Å². The molecule has 0 aromatic heterocycles. The SMILES string of the molecule is CCN1CCCC(C(C)NCCCCCSC)C1. The van der Waals surface area contributed by atoms with E-state index in [1.807, 2.05) is 11.8 Å². The van der Waals surface area contributed by atoms with Gasteiger partial charge in [-0.25, -0.2) is 0 Å². The van der Waals surface area contributed by atoms with Crippen LogP contribution in [-0.4, -0.2) is 49.1 Å². The maximum atomic E-state index is 3.74. The van der Waals surface area contributed by atoms with Gasteiger partial charge >= 0.3 is 0 Å². The van der Waals surface area contributed by atoms with Crippen LogP contribution in [0.5, 0.6) is 0 Å². The summed E-state index contributed by atoms with van der Waals surface area (Å²) in [5.41, 5.74) is 0. The third kappa shape index (κ3) is 6.44. The minimum Gasteiger partial charge on any atom is -0.314 e. The number of nitrogens with one attached hydrogen (secondary N) is 1. The molecule has 0 spiro atoms. The Morgan fingerprint density at radius 3 is 2.89 bits per heavy atom. The third-order valence-corrected chi connectivity index (χ3v) is 4.88. The topological polar surface area (TPSA) is 15.3 Å². The van der Waals surface area contributed by atoms with Gasteiger partial charge in [-0.1, -0.05) is 13.3 Å². The van der Waals surface area contributed by atoms with Crippen LogP contribution in [0, 0.1) is 5.92 Å². The molecule has 108 valence electrons. The lowest BCUT2D eigenvalue weighted by Gasteiger charge is -2.35. The fraction of sp³-hybridized carbons (Fsp3) is 1.00. The molecule has 0 radical (unpaired) electrons. The van der Waals surface area contributed by atoms with E-state index in [0.717, 1.165) is 5.92 Å². The highest BCUT2D eigenvalue weighted by Crippen LogP contribution is 2.19. The fourth-order valence-electron chi connectivity index (χ4n) is 2.83. The monoisotopic (exact) mass is 272 g/mol. The molecule has 1 aliphatic rings. The van der Waals surface area contributed by atoms with Crippen LogP contribution in [-0.2, 0) is 0 Å². The lowest BCUT2D eigenvalue weighted by molar-refractivity contribution is 0.157. The molecule has 1 N–H and O–H groups in total. The number of nitrogens with zero attached hydrogens (tertiary/aromatic N) is 1. The molecule has 1 heterocycles. The van der Waals surface area contributed by atoms with Crippen LogP contribution in [0.4, 0.5) is 0 Å². The zero-order chi connectivity index (χ0) is 13.2. The molecule has 0 aromatic carbocycles. The molecule has 0 amide bonds. The Labute approximate surface area is 118 Å². The molecule has 1 fully saturated rings. The predicted octanol–water partition coefficient (Wildman–Crippen LogP) is 3.23. The molecule has 2 nitrogen and oxygen atoms in total. The van der Waals surface area contributed by atoms with Crippen LogP contribution in [0.1, 0.15) is 46.0 Å². The molecule has 0 bridgehead atoms. The van der Waals surface area contributed by atoms with Crippen LogP contribution >= 0.6 is 11.8 Å². The molecule has 3 heteroatoms. The number of hydrogen-bond donors (Lipinski definition) is 1. The molecule has 1 aliphatic heterocycles. The summed E-state index contributed by atoms with van der Waals surface area (Å²) in [7, 11) is 0. The summed E-state index contributed by atoms with van der Waals surface area (Å²) >= 11 is 1.97. The summed E-state index contributed by atoms with van der Waals surface area (Å²) in [4.78, 5) is 2.60. The van der Waals surface area contributed by atoms with Gasteiger partial charge in [0.1, 0.15) is 0 Å². The fourth-order valence-corrected chi connectivity index (χ4v) is 3.32. The summed E-state index contributed by atoms with van der Waals surface area (Å²) < 4.78 is 0. The lowest BCUT2D eigenvalue weighted by Crippen LogP contribution is -2.44. The van der Waals surface area contributed by atoms with E-state index in [-0.39, 0.29) is 0 Å². The van der Waals surface area contributed by atoms with Crippen LogP contribution in [0.2, 0.25) is 0 Å². The van der Waals surface area contributed by atoms with Gasteiger partial charge in [-0.2, -0.15) is 11.8 Å². The van der Waals surface area contributed by atoms with Gasteiger partial charge in [0.25, 0.3) is 0 Å². The Balaban J connectivity index is 2.06. The molecule has 2 unspecified atom stereocenters. The van der Waals surface area contributed by atoms with Gasteiger partial charge in [0, 0.05) is 12.6 Å². The van der Waals surface area contributed by atoms with E-state index in [2.05, 4.69) is 30.3 Å². The summed E-state index contributed by atoms with van der Waals surface area (Å²) in [6.07, 6.45) is 9.10. The lowest BCUT2D eigenvalue weighted by atomic mass is 9.91. The van der Waals surface area contributed by atoms with Crippen LogP contribution in [0.25, 0.3) is 0 Å². The van der Waals surface area contributed by atoms with E-state index < -0.39 is 0 Å². The van der Waals surface area contributed by atoms with Crippen molar-refractivity contribution >= 4 is 11.8 Å². The quantitative estimate of drug-likeness (QED) is 0.649. The Hall–Kier alpha value is 0.270. The predicted molar refractivity (Wildman–Crippen MR) is 84.5 cm³/mol. The van der Waals surface area contributed by atoms with Crippen molar-refractivity contribution in [2.75, 3.05) is 38.2 Å². The highest BCUT2D eigenvalue weighted by molar-refractivity contribution is 7.98. The van der Waals surface area contributed by atoms with E-state index in [9.17, 15) is 0 Å². The van der Waals surface area contributed by atoms with Crippen molar-refractivity contribution in [2.45, 2.75) is 52.0 Å². The van der Waals surface area contributed by atoms with Crippen molar-refractivity contribution in [3.63, 3.8) is 0 Å². The highest BCUT2D eigenvalue weighted by Gasteiger charge is 2.23. The first-order valence-electron chi connectivity index (χ1n) is 7.72. The maximum absolute atomic E-state index is 3.74. The van der Waals surface area contributed by atoms with Gasteiger partial charge in [0.15, 0.2) is 0 Å². The maximum Gasteiger partial charge on any atom is 0.00792 e. The summed E-state index contributed by atoms with van der Waals surface area (Å²) in [6.45, 7) is 9.71. The van der Waals surface area contributed by atoms with Gasteiger partial charge in [-0.15, -0.1) is 0 Å². The first-order valence-corrected chi connectivity index (χ1v) is 9.12. The minimum absolute atomic E-state index is 0.694. The molecule has 2 atom stereocenters. The first kappa shape index (κ1) is 16.3. The zero-order valence-electron chi connectivity index (χ0n) is 12.6. The van der Waals surface area contributed by atoms with Gasteiger partial charge in [0.05, 0.1) is 0 Å². The number of rotatable bonds is 9. The number of hydrogen-bond acceptors (Lipinski definition) is 3. The Kier molecular flexibility index (Phi) is 9.16. The van der Waals surface area contributed by atoms with E-state index in [4.69, 9.17) is 0 Å². The van der Waals surface area contributed by atoms with Crippen LogP contribution < -0.4 is 5.32 Å². The average molecular weight is 273 g/mol. The molecule has 0 aliphatic carbocycles. The van der Waals surface area contributed by atoms with Gasteiger partial charge < -0.3 is 10.2 Å². The van der Waals surface area contributed by atoms with E-state index >= 15 is 0 Å². The van der Waals surface area contributed by atoms with Crippen molar-refractivity contribution in [1.82, 2.24) is 10.2 Å². The summed E-state index contributed by atoms with van der Waals surface area (Å²) in [6, 6.07) is 0.694. The Bertz CT molecular complexity index is 199. The van der Waals surface area contributed by atoms with E-state index in [0.29, 0.717) is 6.04 Å². The van der Waals surface area contributed by atoms with Crippen molar-refractivity contribution in [2.24, 2.45) is 5.92 Å². The number of likely N-dealkylation sites (tertiary alicyclic amines) is 1. The van der Waals surface area contributed by atoms with Crippen molar-refractivity contribution in [1.29, 1.82) is 0 Å². The first-order chi connectivity index (χ1) is 8.77. The molecule has 18 heavy (non-hydrogen) atoms. The van der Waals surface area contributed by atoms with Gasteiger partial charge in [-0.3, -0.25) is 0 Å². The summed E-state index contributed by atoms with van der Waals surface area (Å²) in [5, 5.41) is 3.74. The normalized spacial score (nSPS) is 23.2. The number of thioether (sulfide) groups is 1. The molecule has 0 aromatic rings. The molecular formula is C15H32N2S. The standard InChI is InChI=1S/C15H32N2S/c1-4-17-11-8-9-15(13-17)14(2)16-10-6-5-7-12-18-3/h14-16H,4-13H2,1-3H3. The van der Waals surface area contributed by atoms with Crippen molar-refractivity contribution in [3.8, 4) is 0 Å². The van der Waals surface area contributed by atoms with Crippen LogP contribution in [0.15, 0.2) is 0 Å². The van der Waals surface area contributed by atoms with Crippen molar-refractivity contribution < 1.29 is 0 Å². The Morgan fingerprint density at radius 1 is 1.33 bits per heavy atom. The second-order valence-electron chi connectivity index (χ2n) is 5.59. The number of unbranched alkanes of at least 4 members (excludes halogenated alkanes) is 2. The smallest absolute Gasteiger partial charge is 0.00792 e. The molecular weight excluding hydrogens is 240 g/mol. The highest BCUT2D eigenvalue weighted by atomic mass is 32.2. The zero-order valence-corrected chi connectivity index (χ0v) is 13.4. The Morgan fingerprint density at radius 2 is 2.17 bits per heavy atom. The molecule has 1 rings (SSSR count). The number of piperidine rings is 1. The van der Waals surface area contributed by atoms with Gasteiger partial charge in [0.2, 0.25) is 0 Å². The second kappa shape index (κ2) is 10.1. The second-order valence-corrected chi connectivity index (χ2v) is 6.58. The summed E-state index contributed by atoms with van der Waals surface area (Å²) in [5.74, 6) is 2.19. The van der Waals surface area contributed by atoms with E-state index in [1.54, 1.807) is 0 Å². The minimum atomic E-state index is 0.694. The molecule has 0 saturated carbocycles. The average Bonchev–Trinajstić information content (AvgIpc) is 2.42. The van der Waals surface area contributed by atoms with E-state index in [1.165, 1.54) is 64.0 Å². The molecule has 1 saturated heterocycles. The van der Waals surface area contributed by atoms with Crippen LogP contribution in [0.3, 0.4) is 0 Å².